The lowest BCUT2D eigenvalue weighted by Crippen LogP contribution is -1.92. The minimum Gasteiger partial charge on any atom is -0.296 e. The maximum absolute atomic E-state index is 10.3. The number of carbonyl (C=O) groups excluding carboxylic acids is 1. The van der Waals surface area contributed by atoms with E-state index in [2.05, 4.69) is 20.9 Å². The van der Waals surface area contributed by atoms with Gasteiger partial charge in [-0.3, -0.25) is 4.79 Å². The molecule has 0 aliphatic heterocycles. The second-order valence-electron chi connectivity index (χ2n) is 1.92. The van der Waals surface area contributed by atoms with Crippen LogP contribution in [0.5, 0.6) is 0 Å². The van der Waals surface area contributed by atoms with Crippen LogP contribution in [0, 0.1) is 0 Å². The van der Waals surface area contributed by atoms with E-state index in [1.165, 1.54) is 0 Å². The number of pyridine rings is 1. The highest BCUT2D eigenvalue weighted by Crippen LogP contribution is 2.15. The Morgan fingerprint density at radius 1 is 1.64 bits per heavy atom. The lowest BCUT2D eigenvalue weighted by Gasteiger charge is -1.98. The number of carbonyl (C=O) groups is 1. The molecule has 11 heavy (non-hydrogen) atoms. The van der Waals surface area contributed by atoms with Gasteiger partial charge in [-0.1, -0.05) is 0 Å². The standard InChI is InChI=1S/C7H5BrClNO/c8-6-2-1-5(4-11)10-7(6)3-9/h1-2,4H,3H2. The van der Waals surface area contributed by atoms with Gasteiger partial charge < -0.3 is 0 Å². The molecule has 0 aliphatic rings. The first kappa shape index (κ1) is 8.68. The molecule has 4 heteroatoms. The molecule has 0 unspecified atom stereocenters. The van der Waals surface area contributed by atoms with Crippen molar-refractivity contribution in [1.82, 2.24) is 4.98 Å². The molecule has 0 aromatic carbocycles. The summed E-state index contributed by atoms with van der Waals surface area (Å²) in [5.74, 6) is 0.308. The van der Waals surface area contributed by atoms with Crippen LogP contribution in [0.25, 0.3) is 0 Å². The largest absolute Gasteiger partial charge is 0.296 e. The maximum atomic E-state index is 10.3. The average molecular weight is 234 g/mol. The van der Waals surface area contributed by atoms with Gasteiger partial charge in [0.2, 0.25) is 0 Å². The molecular weight excluding hydrogens is 229 g/mol. The van der Waals surface area contributed by atoms with Gasteiger partial charge in [-0.05, 0) is 28.1 Å². The molecular formula is C7H5BrClNO. The van der Waals surface area contributed by atoms with Crippen molar-refractivity contribution in [2.75, 3.05) is 0 Å². The Labute approximate surface area is 77.7 Å². The predicted molar refractivity (Wildman–Crippen MR) is 46.9 cm³/mol. The molecule has 0 bridgehead atoms. The monoisotopic (exact) mass is 233 g/mol. The summed E-state index contributed by atoms with van der Waals surface area (Å²) in [5.41, 5.74) is 1.10. The van der Waals surface area contributed by atoms with Crippen molar-refractivity contribution in [3.8, 4) is 0 Å². The minimum atomic E-state index is 0.308. The fourth-order valence-electron chi connectivity index (χ4n) is 0.661. The number of halogens is 2. The summed E-state index contributed by atoms with van der Waals surface area (Å²) in [6.07, 6.45) is 0.697. The molecule has 0 saturated heterocycles. The molecule has 0 aliphatic carbocycles. The zero-order chi connectivity index (χ0) is 8.27. The minimum absolute atomic E-state index is 0.308. The van der Waals surface area contributed by atoms with Crippen LogP contribution >= 0.6 is 27.5 Å². The lowest BCUT2D eigenvalue weighted by atomic mass is 10.3. The summed E-state index contributed by atoms with van der Waals surface area (Å²) < 4.78 is 0.832. The molecule has 0 spiro atoms. The van der Waals surface area contributed by atoms with Gasteiger partial charge in [-0.25, -0.2) is 4.98 Å². The number of nitrogens with zero attached hydrogens (tertiary/aromatic N) is 1. The molecule has 0 amide bonds. The molecule has 1 aromatic heterocycles. The molecule has 1 rings (SSSR count). The normalized spacial score (nSPS) is 9.64. The van der Waals surface area contributed by atoms with Crippen LogP contribution in [0.3, 0.4) is 0 Å². The van der Waals surface area contributed by atoms with Gasteiger partial charge in [-0.15, -0.1) is 11.6 Å². The number of hydrogen-bond donors (Lipinski definition) is 0. The Hall–Kier alpha value is -0.410. The molecule has 2 nitrogen and oxygen atoms in total. The SMILES string of the molecule is O=Cc1ccc(Br)c(CCl)n1. The molecule has 0 N–H and O–H groups in total. The second kappa shape index (κ2) is 3.83. The van der Waals surface area contributed by atoms with Gasteiger partial charge in [0.15, 0.2) is 6.29 Å². The van der Waals surface area contributed by atoms with Crippen molar-refractivity contribution in [2.24, 2.45) is 0 Å². The van der Waals surface area contributed by atoms with E-state index in [0.717, 1.165) is 4.47 Å². The third-order valence-corrected chi connectivity index (χ3v) is 2.16. The van der Waals surface area contributed by atoms with Gasteiger partial charge in [0.1, 0.15) is 5.69 Å². The Balaban J connectivity index is 3.12. The Bertz CT molecular complexity index is 277. The smallest absolute Gasteiger partial charge is 0.168 e. The van der Waals surface area contributed by atoms with Crippen LogP contribution in [0.4, 0.5) is 0 Å². The van der Waals surface area contributed by atoms with Gasteiger partial charge in [0.25, 0.3) is 0 Å². The number of rotatable bonds is 2. The van der Waals surface area contributed by atoms with Crippen molar-refractivity contribution in [2.45, 2.75) is 5.88 Å². The summed E-state index contributed by atoms with van der Waals surface area (Å²) >= 11 is 8.81. The van der Waals surface area contributed by atoms with Gasteiger partial charge in [-0.2, -0.15) is 0 Å². The number of aromatic nitrogens is 1. The van der Waals surface area contributed by atoms with Gasteiger partial charge >= 0.3 is 0 Å². The van der Waals surface area contributed by atoms with Crippen molar-refractivity contribution in [3.63, 3.8) is 0 Å². The second-order valence-corrected chi connectivity index (χ2v) is 3.04. The van der Waals surface area contributed by atoms with Crippen LogP contribution in [0.1, 0.15) is 16.2 Å². The third kappa shape index (κ3) is 2.01. The van der Waals surface area contributed by atoms with Crippen LogP contribution < -0.4 is 0 Å². The highest BCUT2D eigenvalue weighted by Gasteiger charge is 2.00. The van der Waals surface area contributed by atoms with Crippen LogP contribution in [0.15, 0.2) is 16.6 Å². The van der Waals surface area contributed by atoms with E-state index in [0.29, 0.717) is 23.6 Å². The number of aldehydes is 1. The molecule has 0 fully saturated rings. The van der Waals surface area contributed by atoms with E-state index in [4.69, 9.17) is 11.6 Å². The predicted octanol–water partition coefficient (Wildman–Crippen LogP) is 2.40. The molecule has 58 valence electrons. The highest BCUT2D eigenvalue weighted by atomic mass is 79.9. The molecule has 0 radical (unpaired) electrons. The van der Waals surface area contributed by atoms with Gasteiger partial charge in [0, 0.05) is 4.47 Å². The van der Waals surface area contributed by atoms with E-state index in [1.807, 2.05) is 0 Å². The Morgan fingerprint density at radius 2 is 2.36 bits per heavy atom. The topological polar surface area (TPSA) is 30.0 Å². The van der Waals surface area contributed by atoms with E-state index in [-0.39, 0.29) is 0 Å². The van der Waals surface area contributed by atoms with Crippen LogP contribution in [-0.4, -0.2) is 11.3 Å². The van der Waals surface area contributed by atoms with Crippen LogP contribution in [0.2, 0.25) is 0 Å². The summed E-state index contributed by atoms with van der Waals surface area (Å²) in [5, 5.41) is 0. The van der Waals surface area contributed by atoms with E-state index in [9.17, 15) is 4.79 Å². The fraction of sp³-hybridized carbons (Fsp3) is 0.143. The van der Waals surface area contributed by atoms with Crippen molar-refractivity contribution >= 4 is 33.8 Å². The Kier molecular flexibility index (Phi) is 3.02. The molecule has 1 heterocycles. The quantitative estimate of drug-likeness (QED) is 0.581. The van der Waals surface area contributed by atoms with Crippen molar-refractivity contribution in [1.29, 1.82) is 0 Å². The number of alkyl halides is 1. The van der Waals surface area contributed by atoms with Crippen molar-refractivity contribution in [3.05, 3.63) is 28.0 Å². The van der Waals surface area contributed by atoms with Crippen LogP contribution in [-0.2, 0) is 5.88 Å². The molecule has 0 atom stereocenters. The van der Waals surface area contributed by atoms with E-state index >= 15 is 0 Å². The maximum Gasteiger partial charge on any atom is 0.168 e. The highest BCUT2D eigenvalue weighted by molar-refractivity contribution is 9.10. The zero-order valence-electron chi connectivity index (χ0n) is 5.55. The van der Waals surface area contributed by atoms with Gasteiger partial charge in [0.05, 0.1) is 11.6 Å². The summed E-state index contributed by atoms with van der Waals surface area (Å²) in [6.45, 7) is 0. The zero-order valence-corrected chi connectivity index (χ0v) is 7.89. The third-order valence-electron chi connectivity index (χ3n) is 1.19. The Morgan fingerprint density at radius 3 is 2.91 bits per heavy atom. The number of hydrogen-bond acceptors (Lipinski definition) is 2. The fourth-order valence-corrected chi connectivity index (χ4v) is 1.39. The average Bonchev–Trinajstić information content (AvgIpc) is 2.05. The summed E-state index contributed by atoms with van der Waals surface area (Å²) in [4.78, 5) is 14.2. The summed E-state index contributed by atoms with van der Waals surface area (Å²) in [6, 6.07) is 3.39. The first-order valence-electron chi connectivity index (χ1n) is 2.94. The first-order chi connectivity index (χ1) is 5.27. The molecule has 0 saturated carbocycles. The lowest BCUT2D eigenvalue weighted by molar-refractivity contribution is 0.111. The van der Waals surface area contributed by atoms with E-state index < -0.39 is 0 Å². The molecule has 1 aromatic rings. The van der Waals surface area contributed by atoms with E-state index in [1.54, 1.807) is 12.1 Å². The first-order valence-corrected chi connectivity index (χ1v) is 4.27. The summed E-state index contributed by atoms with van der Waals surface area (Å²) in [7, 11) is 0. The van der Waals surface area contributed by atoms with Crippen molar-refractivity contribution < 1.29 is 4.79 Å².